The molecule has 1 aromatic rings. The highest BCUT2D eigenvalue weighted by atomic mass is 32.2. The predicted molar refractivity (Wildman–Crippen MR) is 105 cm³/mol. The number of aliphatic imine (C=N–C) groups is 1. The normalized spacial score (nSPS) is 18.8. The highest BCUT2D eigenvalue weighted by Gasteiger charge is 2.20. The third-order valence-corrected chi connectivity index (χ3v) is 5.81. The van der Waals surface area contributed by atoms with Crippen molar-refractivity contribution in [1.29, 1.82) is 0 Å². The summed E-state index contributed by atoms with van der Waals surface area (Å²) in [7, 11) is -3.75. The lowest BCUT2D eigenvalue weighted by molar-refractivity contribution is -0.114. The Hall–Kier alpha value is -2.21. The van der Waals surface area contributed by atoms with E-state index < -0.39 is 10.0 Å². The van der Waals surface area contributed by atoms with Crippen molar-refractivity contribution in [1.82, 2.24) is 19.8 Å². The van der Waals surface area contributed by atoms with Crippen LogP contribution in [0.4, 0.5) is 5.69 Å². The van der Waals surface area contributed by atoms with Crippen LogP contribution in [0, 0.1) is 0 Å². The summed E-state index contributed by atoms with van der Waals surface area (Å²) < 4.78 is 32.8. The first-order valence-electron chi connectivity index (χ1n) is 9.14. The summed E-state index contributed by atoms with van der Waals surface area (Å²) in [5, 5.41) is 5.60. The van der Waals surface area contributed by atoms with Crippen LogP contribution in [0.1, 0.15) is 6.92 Å². The third kappa shape index (κ3) is 5.89. The molecule has 10 nitrogen and oxygen atoms in total. The van der Waals surface area contributed by atoms with Crippen LogP contribution >= 0.6 is 0 Å². The molecule has 1 saturated heterocycles. The molecule has 2 aliphatic rings. The molecule has 1 aromatic carbocycles. The van der Waals surface area contributed by atoms with Crippen LogP contribution in [-0.2, 0) is 19.6 Å². The standard InChI is InChI=1S/C17H26N6O4S/c1-14(24)20-15-2-4-16(5-3-15)28(25,26)21-17-18-12-23(13-19-17)7-6-22-8-10-27-11-9-22/h2-5H,6-13H2,1H3,(H,20,24)(H2,18,19,21). The fraction of sp³-hybridized carbons (Fsp3) is 0.529. The lowest BCUT2D eigenvalue weighted by Gasteiger charge is -2.31. The number of ether oxygens (including phenoxy) is 1. The summed E-state index contributed by atoms with van der Waals surface area (Å²) in [6, 6.07) is 5.95. The average Bonchev–Trinajstić information content (AvgIpc) is 2.68. The molecule has 0 spiro atoms. The van der Waals surface area contributed by atoms with Gasteiger partial charge < -0.3 is 15.4 Å². The lowest BCUT2D eigenvalue weighted by atomic mass is 10.3. The van der Waals surface area contributed by atoms with Gasteiger partial charge in [0.15, 0.2) is 0 Å². The number of nitrogens with one attached hydrogen (secondary N) is 3. The van der Waals surface area contributed by atoms with Gasteiger partial charge in [-0.1, -0.05) is 0 Å². The first-order valence-corrected chi connectivity index (χ1v) is 10.6. The van der Waals surface area contributed by atoms with Crippen LogP contribution in [0.2, 0.25) is 0 Å². The number of amides is 1. The van der Waals surface area contributed by atoms with Crippen molar-refractivity contribution in [3.05, 3.63) is 24.3 Å². The molecule has 0 unspecified atom stereocenters. The van der Waals surface area contributed by atoms with E-state index in [1.807, 2.05) is 0 Å². The van der Waals surface area contributed by atoms with E-state index in [0.717, 1.165) is 39.4 Å². The molecule has 0 radical (unpaired) electrons. The van der Waals surface area contributed by atoms with Gasteiger partial charge in [-0.05, 0) is 24.3 Å². The van der Waals surface area contributed by atoms with Crippen LogP contribution < -0.4 is 15.4 Å². The van der Waals surface area contributed by atoms with Gasteiger partial charge in [-0.25, -0.2) is 18.1 Å². The zero-order valence-electron chi connectivity index (χ0n) is 15.8. The molecule has 0 aromatic heterocycles. The molecule has 3 rings (SSSR count). The Morgan fingerprint density at radius 2 is 1.86 bits per heavy atom. The summed E-state index contributed by atoms with van der Waals surface area (Å²) in [4.78, 5) is 19.9. The summed E-state index contributed by atoms with van der Waals surface area (Å²) in [5.41, 5.74) is 0.537. The number of morpholine rings is 1. The van der Waals surface area contributed by atoms with E-state index in [4.69, 9.17) is 4.74 Å². The van der Waals surface area contributed by atoms with Crippen molar-refractivity contribution in [2.75, 3.05) is 58.0 Å². The Kier molecular flexibility index (Phi) is 6.83. The van der Waals surface area contributed by atoms with Crippen molar-refractivity contribution in [3.63, 3.8) is 0 Å². The molecule has 11 heteroatoms. The van der Waals surface area contributed by atoms with Gasteiger partial charge in [-0.2, -0.15) is 0 Å². The second-order valence-electron chi connectivity index (χ2n) is 6.64. The molecule has 0 bridgehead atoms. The smallest absolute Gasteiger partial charge is 0.264 e. The van der Waals surface area contributed by atoms with E-state index in [9.17, 15) is 13.2 Å². The van der Waals surface area contributed by atoms with Crippen molar-refractivity contribution >= 4 is 27.6 Å². The molecular weight excluding hydrogens is 384 g/mol. The molecule has 0 atom stereocenters. The number of hydrogen-bond donors (Lipinski definition) is 3. The van der Waals surface area contributed by atoms with Crippen LogP contribution in [0.15, 0.2) is 34.2 Å². The number of benzene rings is 1. The molecule has 0 saturated carbocycles. The fourth-order valence-corrected chi connectivity index (χ4v) is 3.90. The number of carbonyl (C=O) groups is 1. The van der Waals surface area contributed by atoms with E-state index in [1.165, 1.54) is 19.1 Å². The van der Waals surface area contributed by atoms with Gasteiger partial charge in [0.2, 0.25) is 11.9 Å². The van der Waals surface area contributed by atoms with Gasteiger partial charge in [0.1, 0.15) is 0 Å². The predicted octanol–water partition coefficient (Wildman–Crippen LogP) is -0.568. The quantitative estimate of drug-likeness (QED) is 0.575. The minimum absolute atomic E-state index is 0.0980. The number of hydrogen-bond acceptors (Lipinski definition) is 8. The van der Waals surface area contributed by atoms with Gasteiger partial charge in [0.25, 0.3) is 10.0 Å². The number of nitrogens with zero attached hydrogens (tertiary/aromatic N) is 3. The van der Waals surface area contributed by atoms with Crippen LogP contribution in [0.5, 0.6) is 0 Å². The molecular formula is C17H26N6O4S. The number of sulfonamides is 1. The summed E-state index contributed by atoms with van der Waals surface area (Å²) >= 11 is 0. The van der Waals surface area contributed by atoms with E-state index >= 15 is 0 Å². The average molecular weight is 411 g/mol. The highest BCUT2D eigenvalue weighted by Crippen LogP contribution is 2.14. The second-order valence-corrected chi connectivity index (χ2v) is 8.32. The Morgan fingerprint density at radius 3 is 2.46 bits per heavy atom. The third-order valence-electron chi connectivity index (χ3n) is 4.45. The van der Waals surface area contributed by atoms with Crippen molar-refractivity contribution in [2.24, 2.45) is 4.99 Å². The van der Waals surface area contributed by atoms with Gasteiger partial charge in [0, 0.05) is 38.8 Å². The Bertz CT molecular complexity index is 805. The minimum Gasteiger partial charge on any atom is -0.379 e. The molecule has 28 heavy (non-hydrogen) atoms. The van der Waals surface area contributed by atoms with Crippen LogP contribution in [0.25, 0.3) is 0 Å². The largest absolute Gasteiger partial charge is 0.379 e. The fourth-order valence-electron chi connectivity index (χ4n) is 2.90. The molecule has 3 N–H and O–H groups in total. The molecule has 154 valence electrons. The summed E-state index contributed by atoms with van der Waals surface area (Å²) in [5.74, 6) is 0.0150. The maximum Gasteiger partial charge on any atom is 0.264 e. The maximum absolute atomic E-state index is 12.5. The summed E-state index contributed by atoms with van der Waals surface area (Å²) in [6.45, 7) is 7.55. The SMILES string of the molecule is CC(=O)Nc1ccc(S(=O)(=O)NC2=NCN(CCN3CCOCC3)CN2)cc1. The zero-order chi connectivity index (χ0) is 20.0. The maximum atomic E-state index is 12.5. The second kappa shape index (κ2) is 9.32. The lowest BCUT2D eigenvalue weighted by Crippen LogP contribution is -2.51. The highest BCUT2D eigenvalue weighted by molar-refractivity contribution is 7.90. The molecule has 1 amide bonds. The molecule has 1 fully saturated rings. The first-order chi connectivity index (χ1) is 13.4. The van der Waals surface area contributed by atoms with Crippen molar-refractivity contribution < 1.29 is 17.9 Å². The monoisotopic (exact) mass is 410 g/mol. The van der Waals surface area contributed by atoms with Crippen molar-refractivity contribution in [2.45, 2.75) is 11.8 Å². The minimum atomic E-state index is -3.75. The van der Waals surface area contributed by atoms with E-state index in [1.54, 1.807) is 12.1 Å². The molecule has 0 aliphatic carbocycles. The van der Waals surface area contributed by atoms with Gasteiger partial charge in [-0.15, -0.1) is 0 Å². The van der Waals surface area contributed by atoms with Crippen LogP contribution in [0.3, 0.4) is 0 Å². The topological polar surface area (TPSA) is 115 Å². The van der Waals surface area contributed by atoms with Gasteiger partial charge in [0.05, 0.1) is 31.4 Å². The van der Waals surface area contributed by atoms with E-state index in [2.05, 4.69) is 30.1 Å². The molecule has 2 heterocycles. The van der Waals surface area contributed by atoms with Gasteiger partial charge in [-0.3, -0.25) is 14.6 Å². The molecule has 2 aliphatic heterocycles. The number of rotatable bonds is 6. The van der Waals surface area contributed by atoms with Crippen LogP contribution in [-0.4, -0.2) is 82.8 Å². The Balaban J connectivity index is 1.50. The Morgan fingerprint density at radius 1 is 1.18 bits per heavy atom. The van der Waals surface area contributed by atoms with Gasteiger partial charge >= 0.3 is 0 Å². The first kappa shape index (κ1) is 20.5. The van der Waals surface area contributed by atoms with Crippen molar-refractivity contribution in [3.8, 4) is 0 Å². The number of anilines is 1. The zero-order valence-corrected chi connectivity index (χ0v) is 16.7. The number of guanidine groups is 1. The summed E-state index contributed by atoms with van der Waals surface area (Å²) in [6.07, 6.45) is 0. The van der Waals surface area contributed by atoms with E-state index in [-0.39, 0.29) is 16.8 Å². The Labute approximate surface area is 165 Å². The number of carbonyl (C=O) groups excluding carboxylic acids is 1. The van der Waals surface area contributed by atoms with E-state index in [0.29, 0.717) is 19.0 Å².